The Kier molecular flexibility index (Phi) is 3.71. The van der Waals surface area contributed by atoms with Crippen molar-refractivity contribution in [3.05, 3.63) is 39.4 Å². The number of benzene rings is 1. The van der Waals surface area contributed by atoms with E-state index >= 15 is 0 Å². The SMILES string of the molecule is CC(C)(C)c1cccc(C(O)C(=O)O)c1[N+](=O)[O-]. The number of nitro groups is 1. The molecule has 0 heterocycles. The third kappa shape index (κ3) is 2.65. The lowest BCUT2D eigenvalue weighted by Crippen LogP contribution is -2.18. The highest BCUT2D eigenvalue weighted by atomic mass is 16.6. The van der Waals surface area contributed by atoms with E-state index in [1.165, 1.54) is 12.1 Å². The fraction of sp³-hybridized carbons (Fsp3) is 0.417. The normalized spacial score (nSPS) is 13.1. The van der Waals surface area contributed by atoms with Crippen molar-refractivity contribution in [2.45, 2.75) is 32.3 Å². The second kappa shape index (κ2) is 4.73. The first kappa shape index (κ1) is 14.1. The lowest BCUT2D eigenvalue weighted by Gasteiger charge is -2.20. The predicted octanol–water partition coefficient (Wildman–Crippen LogP) is 2.01. The number of carboxylic acids is 1. The number of hydrogen-bond acceptors (Lipinski definition) is 4. The fourth-order valence-corrected chi connectivity index (χ4v) is 1.72. The molecule has 6 nitrogen and oxygen atoms in total. The number of aliphatic hydroxyl groups excluding tert-OH is 1. The summed E-state index contributed by atoms with van der Waals surface area (Å²) < 4.78 is 0. The van der Waals surface area contributed by atoms with Crippen molar-refractivity contribution in [1.82, 2.24) is 0 Å². The first-order valence-electron chi connectivity index (χ1n) is 5.35. The molecule has 0 saturated carbocycles. The van der Waals surface area contributed by atoms with Crippen LogP contribution < -0.4 is 0 Å². The minimum atomic E-state index is -1.90. The molecule has 0 aliphatic rings. The summed E-state index contributed by atoms with van der Waals surface area (Å²) in [6.07, 6.45) is -1.90. The van der Waals surface area contributed by atoms with Gasteiger partial charge in [-0.25, -0.2) is 4.79 Å². The van der Waals surface area contributed by atoms with Crippen molar-refractivity contribution in [2.24, 2.45) is 0 Å². The highest BCUT2D eigenvalue weighted by Gasteiger charge is 2.32. The molecular weight excluding hydrogens is 238 g/mol. The molecule has 0 amide bonds. The van der Waals surface area contributed by atoms with Crippen molar-refractivity contribution in [3.63, 3.8) is 0 Å². The quantitative estimate of drug-likeness (QED) is 0.633. The number of carboxylic acid groups (broad SMARTS) is 1. The van der Waals surface area contributed by atoms with Crippen LogP contribution in [0, 0.1) is 10.1 Å². The molecule has 98 valence electrons. The summed E-state index contributed by atoms with van der Waals surface area (Å²) in [5.41, 5.74) is -0.651. The molecule has 1 aromatic rings. The van der Waals surface area contributed by atoms with Gasteiger partial charge in [-0.1, -0.05) is 32.9 Å². The predicted molar refractivity (Wildman–Crippen MR) is 64.4 cm³/mol. The zero-order valence-corrected chi connectivity index (χ0v) is 10.4. The van der Waals surface area contributed by atoms with E-state index in [9.17, 15) is 20.0 Å². The average Bonchev–Trinajstić information content (AvgIpc) is 2.25. The van der Waals surface area contributed by atoms with Crippen LogP contribution in [0.4, 0.5) is 5.69 Å². The van der Waals surface area contributed by atoms with Crippen LogP contribution in [-0.4, -0.2) is 21.1 Å². The number of hydrogen-bond donors (Lipinski definition) is 2. The molecule has 0 spiro atoms. The summed E-state index contributed by atoms with van der Waals surface area (Å²) >= 11 is 0. The summed E-state index contributed by atoms with van der Waals surface area (Å²) in [7, 11) is 0. The lowest BCUT2D eigenvalue weighted by molar-refractivity contribution is -0.387. The van der Waals surface area contributed by atoms with Crippen molar-refractivity contribution in [3.8, 4) is 0 Å². The molecule has 0 aliphatic carbocycles. The first-order valence-corrected chi connectivity index (χ1v) is 5.35. The van der Waals surface area contributed by atoms with E-state index in [-0.39, 0.29) is 11.3 Å². The zero-order valence-electron chi connectivity index (χ0n) is 10.4. The molecular formula is C12H15NO5. The van der Waals surface area contributed by atoms with Gasteiger partial charge in [0.05, 0.1) is 10.5 Å². The molecule has 0 fully saturated rings. The Morgan fingerprint density at radius 1 is 1.39 bits per heavy atom. The molecule has 18 heavy (non-hydrogen) atoms. The minimum absolute atomic E-state index is 0.195. The van der Waals surface area contributed by atoms with Crippen molar-refractivity contribution >= 4 is 11.7 Å². The number of nitrogens with zero attached hydrogens (tertiary/aromatic N) is 1. The van der Waals surface area contributed by atoms with Crippen LogP contribution in [0.25, 0.3) is 0 Å². The summed E-state index contributed by atoms with van der Waals surface area (Å²) in [5, 5.41) is 29.4. The fourth-order valence-electron chi connectivity index (χ4n) is 1.72. The maximum Gasteiger partial charge on any atom is 0.337 e. The van der Waals surface area contributed by atoms with Crippen LogP contribution >= 0.6 is 0 Å². The molecule has 0 aromatic heterocycles. The molecule has 1 aromatic carbocycles. The molecule has 1 rings (SSSR count). The minimum Gasteiger partial charge on any atom is -0.479 e. The van der Waals surface area contributed by atoms with E-state index < -0.39 is 22.4 Å². The first-order chi connectivity index (χ1) is 8.16. The largest absolute Gasteiger partial charge is 0.479 e. The number of aliphatic carboxylic acids is 1. The number of aliphatic hydroxyl groups is 1. The molecule has 0 aliphatic heterocycles. The molecule has 0 bridgehead atoms. The van der Waals surface area contributed by atoms with Crippen molar-refractivity contribution in [2.75, 3.05) is 0 Å². The molecule has 0 saturated heterocycles. The number of para-hydroxylation sites is 1. The van der Waals surface area contributed by atoms with Gasteiger partial charge in [-0.3, -0.25) is 10.1 Å². The van der Waals surface area contributed by atoms with Crippen LogP contribution in [0.1, 0.15) is 38.0 Å². The van der Waals surface area contributed by atoms with Gasteiger partial charge in [-0.15, -0.1) is 0 Å². The van der Waals surface area contributed by atoms with Gasteiger partial charge < -0.3 is 10.2 Å². The number of rotatable bonds is 3. The van der Waals surface area contributed by atoms with Crippen LogP contribution in [0.15, 0.2) is 18.2 Å². The molecule has 6 heteroatoms. The van der Waals surface area contributed by atoms with Crippen LogP contribution in [0.2, 0.25) is 0 Å². The highest BCUT2D eigenvalue weighted by molar-refractivity contribution is 5.76. The van der Waals surface area contributed by atoms with Crippen LogP contribution in [0.5, 0.6) is 0 Å². The van der Waals surface area contributed by atoms with E-state index in [1.54, 1.807) is 26.8 Å². The summed E-state index contributed by atoms with van der Waals surface area (Å²) in [6, 6.07) is 4.33. The monoisotopic (exact) mass is 253 g/mol. The summed E-state index contributed by atoms with van der Waals surface area (Å²) in [5.74, 6) is -1.51. The van der Waals surface area contributed by atoms with Crippen LogP contribution in [-0.2, 0) is 10.2 Å². The maximum absolute atomic E-state index is 11.1. The van der Waals surface area contributed by atoms with Gasteiger partial charge in [-0.05, 0) is 11.5 Å². The van der Waals surface area contributed by atoms with E-state index in [0.29, 0.717) is 5.56 Å². The van der Waals surface area contributed by atoms with E-state index in [0.717, 1.165) is 0 Å². The van der Waals surface area contributed by atoms with E-state index in [2.05, 4.69) is 0 Å². The van der Waals surface area contributed by atoms with Crippen molar-refractivity contribution in [1.29, 1.82) is 0 Å². The lowest BCUT2D eigenvalue weighted by atomic mass is 9.84. The van der Waals surface area contributed by atoms with Gasteiger partial charge in [0.1, 0.15) is 0 Å². The highest BCUT2D eigenvalue weighted by Crippen LogP contribution is 2.36. The van der Waals surface area contributed by atoms with Gasteiger partial charge >= 0.3 is 5.97 Å². The number of carbonyl (C=O) groups is 1. The maximum atomic E-state index is 11.1. The van der Waals surface area contributed by atoms with Gasteiger partial charge in [0.2, 0.25) is 0 Å². The van der Waals surface area contributed by atoms with E-state index in [1.807, 2.05) is 0 Å². The van der Waals surface area contributed by atoms with Gasteiger partial charge in [-0.2, -0.15) is 0 Å². The van der Waals surface area contributed by atoms with Crippen molar-refractivity contribution < 1.29 is 19.9 Å². The van der Waals surface area contributed by atoms with Gasteiger partial charge in [0.15, 0.2) is 6.10 Å². The Bertz CT molecular complexity index is 490. The third-order valence-electron chi connectivity index (χ3n) is 2.59. The molecule has 0 radical (unpaired) electrons. The Balaban J connectivity index is 3.55. The second-order valence-corrected chi connectivity index (χ2v) is 4.99. The molecule has 1 atom stereocenters. The molecule has 1 unspecified atom stereocenters. The Hall–Kier alpha value is -1.95. The smallest absolute Gasteiger partial charge is 0.337 e. The summed E-state index contributed by atoms with van der Waals surface area (Å²) in [6.45, 7) is 5.35. The Labute approximate surface area is 104 Å². The molecule has 2 N–H and O–H groups in total. The summed E-state index contributed by atoms with van der Waals surface area (Å²) in [4.78, 5) is 21.2. The average molecular weight is 253 g/mol. The second-order valence-electron chi connectivity index (χ2n) is 4.99. The van der Waals surface area contributed by atoms with Gasteiger partial charge in [0, 0.05) is 5.56 Å². The third-order valence-corrected chi connectivity index (χ3v) is 2.59. The van der Waals surface area contributed by atoms with Gasteiger partial charge in [0.25, 0.3) is 5.69 Å². The zero-order chi connectivity index (χ0) is 14.1. The standard InChI is InChI=1S/C12H15NO5/c1-12(2,3)8-6-4-5-7(9(8)13(17)18)10(14)11(15)16/h4-6,10,14H,1-3H3,(H,15,16). The topological polar surface area (TPSA) is 101 Å². The Morgan fingerprint density at radius 3 is 2.33 bits per heavy atom. The van der Waals surface area contributed by atoms with Crippen LogP contribution in [0.3, 0.4) is 0 Å². The number of nitro benzene ring substituents is 1. The Morgan fingerprint density at radius 2 is 1.94 bits per heavy atom. The van der Waals surface area contributed by atoms with E-state index in [4.69, 9.17) is 5.11 Å².